The summed E-state index contributed by atoms with van der Waals surface area (Å²) < 4.78 is 67.0. The van der Waals surface area contributed by atoms with Crippen molar-refractivity contribution in [2.75, 3.05) is 13.0 Å². The van der Waals surface area contributed by atoms with Gasteiger partial charge in [-0.2, -0.15) is 0 Å². The molecule has 0 aromatic heterocycles. The quantitative estimate of drug-likeness (QED) is 0.644. The van der Waals surface area contributed by atoms with Gasteiger partial charge in [-0.3, -0.25) is 9.80 Å². The molecule has 3 fully saturated rings. The summed E-state index contributed by atoms with van der Waals surface area (Å²) in [6.07, 6.45) is -2.65. The second-order valence-electron chi connectivity index (χ2n) is 5.02. The Morgan fingerprint density at radius 2 is 1.79 bits per heavy atom. The van der Waals surface area contributed by atoms with E-state index < -0.39 is 43.0 Å². The molecule has 0 aliphatic carbocycles. The maximum absolute atomic E-state index is 8.55. The van der Waals surface area contributed by atoms with Crippen LogP contribution >= 0.6 is 0 Å². The smallest absolute Gasteiger partial charge is 0.0481 e. The molecule has 0 aromatic rings. The molecular weight excluding hydrogens is 172 g/mol. The molecular formula is C12H24N2. The first kappa shape index (κ1) is 4.42. The van der Waals surface area contributed by atoms with Crippen LogP contribution in [0.15, 0.2) is 0 Å². The Labute approximate surface area is 99.5 Å². The van der Waals surface area contributed by atoms with Crippen molar-refractivity contribution in [1.29, 1.82) is 0 Å². The lowest BCUT2D eigenvalue weighted by atomic mass is 9.83. The van der Waals surface area contributed by atoms with Crippen molar-refractivity contribution in [2.24, 2.45) is 0 Å². The highest BCUT2D eigenvalue weighted by atomic mass is 15.4. The fourth-order valence-corrected chi connectivity index (χ4v) is 1.55. The van der Waals surface area contributed by atoms with Crippen molar-refractivity contribution in [1.82, 2.24) is 9.80 Å². The Bertz CT molecular complexity index is 468. The number of hydrogen-bond donors (Lipinski definition) is 0. The van der Waals surface area contributed by atoms with Crippen molar-refractivity contribution in [3.05, 3.63) is 0 Å². The van der Waals surface area contributed by atoms with Gasteiger partial charge in [-0.1, -0.05) is 0 Å². The van der Waals surface area contributed by atoms with Crippen LogP contribution in [0.2, 0.25) is 0 Å². The van der Waals surface area contributed by atoms with E-state index in [1.165, 1.54) is 0 Å². The summed E-state index contributed by atoms with van der Waals surface area (Å²) in [5.74, 6) is 0. The molecule has 0 saturated carbocycles. The zero-order valence-corrected chi connectivity index (χ0v) is 9.47. The van der Waals surface area contributed by atoms with E-state index in [9.17, 15) is 0 Å². The van der Waals surface area contributed by atoms with Gasteiger partial charge in [-0.15, -0.1) is 0 Å². The normalized spacial score (nSPS) is 64.4. The van der Waals surface area contributed by atoms with Crippen LogP contribution in [0.3, 0.4) is 0 Å². The van der Waals surface area contributed by atoms with E-state index >= 15 is 0 Å². The minimum absolute atomic E-state index is 0.536. The third kappa shape index (κ3) is 1.59. The third-order valence-electron chi connectivity index (χ3n) is 2.34. The predicted octanol–water partition coefficient (Wildman–Crippen LogP) is 1.95. The summed E-state index contributed by atoms with van der Waals surface area (Å²) in [5.41, 5.74) is -1.01. The molecule has 0 spiro atoms. The van der Waals surface area contributed by atoms with Crippen molar-refractivity contribution in [3.63, 3.8) is 0 Å². The number of fused-ring (bicyclic) bond motifs is 2. The second-order valence-corrected chi connectivity index (χ2v) is 5.02. The molecule has 2 atom stereocenters. The van der Waals surface area contributed by atoms with Crippen LogP contribution in [-0.2, 0) is 0 Å². The molecule has 2 heteroatoms. The zero-order chi connectivity index (χ0) is 17.7. The van der Waals surface area contributed by atoms with Gasteiger partial charge in [0, 0.05) is 47.6 Å². The van der Waals surface area contributed by atoms with E-state index in [0.29, 0.717) is 0 Å². The highest BCUT2D eigenvalue weighted by Gasteiger charge is 2.47. The minimum atomic E-state index is -2.65. The van der Waals surface area contributed by atoms with Gasteiger partial charge in [0.1, 0.15) is 0 Å². The number of piperidine rings is 1. The lowest BCUT2D eigenvalue weighted by molar-refractivity contribution is -0.110. The summed E-state index contributed by atoms with van der Waals surface area (Å²) in [7, 11) is 0. The van der Waals surface area contributed by atoms with Crippen LogP contribution in [-0.4, -0.2) is 46.4 Å². The average molecular weight is 204 g/mol. The number of piperazine rings is 1. The summed E-state index contributed by atoms with van der Waals surface area (Å²) >= 11 is 0. The Morgan fingerprint density at radius 1 is 1.29 bits per heavy atom. The van der Waals surface area contributed by atoms with Crippen molar-refractivity contribution in [2.45, 2.75) is 64.6 Å². The van der Waals surface area contributed by atoms with Crippen LogP contribution in [0.25, 0.3) is 0 Å². The molecule has 0 radical (unpaired) electrons. The fraction of sp³-hybridized carbons (Fsp3) is 1.00. The van der Waals surface area contributed by atoms with Crippen LogP contribution in [0.5, 0.6) is 0 Å². The van der Waals surface area contributed by atoms with Crippen LogP contribution < -0.4 is 0 Å². The van der Waals surface area contributed by atoms with Gasteiger partial charge in [0.15, 0.2) is 0 Å². The Hall–Kier alpha value is -0.0800. The van der Waals surface area contributed by atoms with Crippen LogP contribution in [0.1, 0.15) is 52.0 Å². The zero-order valence-electron chi connectivity index (χ0n) is 17.5. The molecule has 0 aromatic carbocycles. The Balaban J connectivity index is 2.81. The lowest BCUT2D eigenvalue weighted by Gasteiger charge is -2.60. The predicted molar refractivity (Wildman–Crippen MR) is 60.5 cm³/mol. The monoisotopic (exact) mass is 204 g/mol. The van der Waals surface area contributed by atoms with E-state index in [4.69, 9.17) is 11.0 Å². The van der Waals surface area contributed by atoms with Gasteiger partial charge in [0.2, 0.25) is 0 Å². The molecule has 3 aliphatic rings. The van der Waals surface area contributed by atoms with Crippen molar-refractivity contribution in [3.8, 4) is 0 Å². The first-order chi connectivity index (χ1) is 9.43. The van der Waals surface area contributed by atoms with Gasteiger partial charge in [-0.25, -0.2) is 0 Å². The molecule has 2 nitrogen and oxygen atoms in total. The highest BCUT2D eigenvalue weighted by Crippen LogP contribution is 2.36. The summed E-state index contributed by atoms with van der Waals surface area (Å²) in [6, 6.07) is -5.24. The molecule has 14 heavy (non-hydrogen) atoms. The molecule has 0 N–H and O–H groups in total. The van der Waals surface area contributed by atoms with E-state index in [1.807, 2.05) is 0 Å². The van der Waals surface area contributed by atoms with Gasteiger partial charge >= 0.3 is 0 Å². The second kappa shape index (κ2) is 3.21. The van der Waals surface area contributed by atoms with E-state index in [0.717, 1.165) is 9.80 Å². The molecule has 3 saturated heterocycles. The van der Waals surface area contributed by atoms with E-state index in [2.05, 4.69) is 0 Å². The molecule has 3 rings (SSSR count). The molecule has 82 valence electrons. The Kier molecular flexibility index (Phi) is 1.01. The first-order valence-corrected chi connectivity index (χ1v) is 5.03. The third-order valence-corrected chi connectivity index (χ3v) is 2.34. The minimum Gasteiger partial charge on any atom is -0.295 e. The molecule has 0 amide bonds. The average Bonchev–Trinajstić information content (AvgIpc) is 2.22. The fourth-order valence-electron chi connectivity index (χ4n) is 1.55. The lowest BCUT2D eigenvalue weighted by Crippen LogP contribution is -2.72. The summed E-state index contributed by atoms with van der Waals surface area (Å²) in [5, 5.41) is 0. The number of nitrogens with zero attached hydrogens (tertiary/aromatic N) is 2. The first-order valence-electron chi connectivity index (χ1n) is 9.03. The van der Waals surface area contributed by atoms with Gasteiger partial charge in [0.25, 0.3) is 0 Å². The maximum atomic E-state index is 8.55. The van der Waals surface area contributed by atoms with Gasteiger partial charge in [0.05, 0.1) is 0 Å². The standard InChI is InChI=1S/C12H24N2/c1-9(2)14-10-6-11(14)8-13(7-10)12(3,4)5/h9-11H,6-8H2,1-5H3/i6D2,7D2,8D2,10D,11D. The van der Waals surface area contributed by atoms with Crippen LogP contribution in [0, 0.1) is 0 Å². The van der Waals surface area contributed by atoms with Crippen molar-refractivity contribution < 1.29 is 11.0 Å². The molecule has 3 aliphatic heterocycles. The summed E-state index contributed by atoms with van der Waals surface area (Å²) in [4.78, 5) is 1.88. The van der Waals surface area contributed by atoms with Crippen LogP contribution in [0.4, 0.5) is 0 Å². The summed E-state index contributed by atoms with van der Waals surface area (Å²) in [6.45, 7) is 2.86. The number of rotatable bonds is 1. The molecule has 2 unspecified atom stereocenters. The van der Waals surface area contributed by atoms with E-state index in [1.54, 1.807) is 34.6 Å². The number of hydrogen-bond acceptors (Lipinski definition) is 2. The Morgan fingerprint density at radius 3 is 2.14 bits per heavy atom. The topological polar surface area (TPSA) is 6.48 Å². The molecule has 2 bridgehead atoms. The van der Waals surface area contributed by atoms with Gasteiger partial charge < -0.3 is 0 Å². The SMILES string of the molecule is [2H]C1([2H])N(C(C)(C)C)C([2H])([2H])C2([2H])N(C(C)C)C1([2H])C2([2H])[2H]. The van der Waals surface area contributed by atoms with Crippen molar-refractivity contribution >= 4 is 0 Å². The largest absolute Gasteiger partial charge is 0.295 e. The highest BCUT2D eigenvalue weighted by molar-refractivity contribution is 5.04. The van der Waals surface area contributed by atoms with E-state index in [-0.39, 0.29) is 0 Å². The van der Waals surface area contributed by atoms with Gasteiger partial charge in [-0.05, 0) is 41.0 Å². The maximum Gasteiger partial charge on any atom is 0.0481 e. The molecule has 3 heterocycles.